The number of benzene rings is 1. The zero-order chi connectivity index (χ0) is 15.8. The highest BCUT2D eigenvalue weighted by Crippen LogP contribution is 2.24. The Balaban J connectivity index is 2.46. The summed E-state index contributed by atoms with van der Waals surface area (Å²) in [5, 5.41) is 0.164. The van der Waals surface area contributed by atoms with Gasteiger partial charge in [0.2, 0.25) is 0 Å². The number of hydrogen-bond donors (Lipinski definition) is 1. The van der Waals surface area contributed by atoms with Crippen molar-refractivity contribution in [1.29, 1.82) is 0 Å². The maximum absolute atomic E-state index is 13.5. The summed E-state index contributed by atoms with van der Waals surface area (Å²) in [6.45, 7) is 1.58. The number of nitrogens with zero attached hydrogens (tertiary/aromatic N) is 1. The fourth-order valence-electron chi connectivity index (χ4n) is 1.61. The Kier molecular flexibility index (Phi) is 4.11. The molecule has 2 aromatic rings. The molecular weight excluding hydrogens is 329 g/mol. The van der Waals surface area contributed by atoms with Crippen LogP contribution in [0.2, 0.25) is 5.15 Å². The Morgan fingerprint density at radius 3 is 2.24 bits per heavy atom. The molecule has 1 aromatic heterocycles. The van der Waals surface area contributed by atoms with Crippen LogP contribution < -0.4 is 4.72 Å². The smallest absolute Gasteiger partial charge is 0.267 e. The van der Waals surface area contributed by atoms with Crippen molar-refractivity contribution < 1.29 is 21.6 Å². The van der Waals surface area contributed by atoms with Crippen LogP contribution in [-0.2, 0) is 10.0 Å². The third-order valence-corrected chi connectivity index (χ3v) is 4.33. The van der Waals surface area contributed by atoms with Crippen molar-refractivity contribution in [2.75, 3.05) is 4.72 Å². The second-order valence-electron chi connectivity index (χ2n) is 4.14. The van der Waals surface area contributed by atoms with Crippen molar-refractivity contribution in [1.82, 2.24) is 4.98 Å². The molecule has 1 N–H and O–H groups in total. The molecule has 0 bridgehead atoms. The molecule has 1 heterocycles. The van der Waals surface area contributed by atoms with Crippen molar-refractivity contribution in [3.63, 3.8) is 0 Å². The summed E-state index contributed by atoms with van der Waals surface area (Å²) >= 11 is 5.69. The molecule has 0 unspecified atom stereocenters. The molecule has 4 nitrogen and oxygen atoms in total. The summed E-state index contributed by atoms with van der Waals surface area (Å²) in [6, 6.07) is 1.90. The molecule has 0 saturated heterocycles. The zero-order valence-corrected chi connectivity index (χ0v) is 12.1. The molecule has 9 heteroatoms. The number of aromatic nitrogens is 1. The Labute approximate surface area is 123 Å². The Hall–Kier alpha value is -1.80. The van der Waals surface area contributed by atoms with Crippen molar-refractivity contribution in [2.24, 2.45) is 0 Å². The lowest BCUT2D eigenvalue weighted by Crippen LogP contribution is -2.17. The highest BCUT2D eigenvalue weighted by Gasteiger charge is 2.25. The minimum Gasteiger partial charge on any atom is -0.278 e. The average Bonchev–Trinajstić information content (AvgIpc) is 2.31. The van der Waals surface area contributed by atoms with Crippen LogP contribution in [0.1, 0.15) is 5.56 Å². The number of sulfonamides is 1. The first kappa shape index (κ1) is 15.6. The molecule has 0 spiro atoms. The molecule has 0 aliphatic heterocycles. The maximum Gasteiger partial charge on any atom is 0.267 e. The van der Waals surface area contributed by atoms with E-state index in [1.54, 1.807) is 6.92 Å². The molecule has 0 amide bonds. The number of aryl methyl sites for hydroxylation is 1. The van der Waals surface area contributed by atoms with Crippen LogP contribution in [0.25, 0.3) is 0 Å². The molecule has 2 rings (SSSR count). The largest absolute Gasteiger partial charge is 0.278 e. The van der Waals surface area contributed by atoms with Crippen molar-refractivity contribution in [3.05, 3.63) is 52.6 Å². The van der Waals surface area contributed by atoms with Gasteiger partial charge in [0.15, 0.2) is 4.90 Å². The van der Waals surface area contributed by atoms with Crippen LogP contribution in [0.5, 0.6) is 0 Å². The van der Waals surface area contributed by atoms with E-state index in [2.05, 4.69) is 4.98 Å². The summed E-state index contributed by atoms with van der Waals surface area (Å²) in [4.78, 5) is 2.44. The van der Waals surface area contributed by atoms with Gasteiger partial charge in [-0.05, 0) is 18.6 Å². The van der Waals surface area contributed by atoms with E-state index in [1.807, 2.05) is 4.72 Å². The van der Waals surface area contributed by atoms with Crippen LogP contribution in [0, 0.1) is 24.4 Å². The first-order valence-electron chi connectivity index (χ1n) is 5.50. The van der Waals surface area contributed by atoms with Crippen LogP contribution in [0.4, 0.5) is 18.9 Å². The average molecular weight is 337 g/mol. The van der Waals surface area contributed by atoms with Crippen LogP contribution in [0.3, 0.4) is 0 Å². The molecule has 112 valence electrons. The zero-order valence-electron chi connectivity index (χ0n) is 10.5. The SMILES string of the molecule is Cc1cc(NS(=O)(=O)c2c(F)cc(F)cc2F)cnc1Cl. The van der Waals surface area contributed by atoms with E-state index in [0.29, 0.717) is 5.56 Å². The third-order valence-electron chi connectivity index (χ3n) is 2.50. The van der Waals surface area contributed by atoms with Gasteiger partial charge >= 0.3 is 0 Å². The predicted molar refractivity (Wildman–Crippen MR) is 71.1 cm³/mol. The highest BCUT2D eigenvalue weighted by atomic mass is 35.5. The minimum atomic E-state index is -4.57. The second-order valence-corrected chi connectivity index (χ2v) is 6.11. The molecule has 0 aliphatic rings. The van der Waals surface area contributed by atoms with Gasteiger partial charge in [-0.25, -0.2) is 26.6 Å². The topological polar surface area (TPSA) is 59.1 Å². The summed E-state index contributed by atoms with van der Waals surface area (Å²) in [5.41, 5.74) is 0.442. The van der Waals surface area contributed by atoms with Crippen molar-refractivity contribution >= 4 is 27.3 Å². The first-order chi connectivity index (χ1) is 9.70. The van der Waals surface area contributed by atoms with E-state index in [0.717, 1.165) is 6.20 Å². The number of halogens is 4. The maximum atomic E-state index is 13.5. The highest BCUT2D eigenvalue weighted by molar-refractivity contribution is 7.92. The normalized spacial score (nSPS) is 11.5. The Morgan fingerprint density at radius 1 is 1.14 bits per heavy atom. The molecule has 0 fully saturated rings. The van der Waals surface area contributed by atoms with Crippen LogP contribution in [-0.4, -0.2) is 13.4 Å². The number of rotatable bonds is 3. The molecule has 0 atom stereocenters. The van der Waals surface area contributed by atoms with Crippen molar-refractivity contribution in [2.45, 2.75) is 11.8 Å². The number of hydrogen-bond acceptors (Lipinski definition) is 3. The van der Waals surface area contributed by atoms with Gasteiger partial charge in [-0.15, -0.1) is 0 Å². The lowest BCUT2D eigenvalue weighted by atomic mass is 10.3. The quantitative estimate of drug-likeness (QED) is 0.875. The summed E-state index contributed by atoms with van der Waals surface area (Å²) in [5.74, 6) is -4.27. The second kappa shape index (κ2) is 5.53. The van der Waals surface area contributed by atoms with Gasteiger partial charge in [-0.2, -0.15) is 0 Å². The van der Waals surface area contributed by atoms with Gasteiger partial charge in [0.1, 0.15) is 22.6 Å². The van der Waals surface area contributed by atoms with Gasteiger partial charge in [-0.1, -0.05) is 11.6 Å². The van der Waals surface area contributed by atoms with E-state index >= 15 is 0 Å². The lowest BCUT2D eigenvalue weighted by molar-refractivity contribution is 0.498. The molecular formula is C12H8ClF3N2O2S. The standard InChI is InChI=1S/C12H8ClF3N2O2S/c1-6-2-8(5-17-12(6)13)18-21(19,20)11-9(15)3-7(14)4-10(11)16/h2-5,18H,1H3. The molecule has 0 aliphatic carbocycles. The van der Waals surface area contributed by atoms with E-state index < -0.39 is 32.4 Å². The molecule has 21 heavy (non-hydrogen) atoms. The summed E-state index contributed by atoms with van der Waals surface area (Å²) in [7, 11) is -4.57. The minimum absolute atomic E-state index is 0.0278. The summed E-state index contributed by atoms with van der Waals surface area (Å²) in [6.07, 6.45) is 1.09. The number of nitrogens with one attached hydrogen (secondary N) is 1. The predicted octanol–water partition coefficient (Wildman–Crippen LogP) is 3.26. The molecule has 0 radical (unpaired) electrons. The molecule has 0 saturated carbocycles. The fraction of sp³-hybridized carbons (Fsp3) is 0.0833. The van der Waals surface area contributed by atoms with Crippen LogP contribution >= 0.6 is 11.6 Å². The van der Waals surface area contributed by atoms with E-state index in [-0.39, 0.29) is 23.0 Å². The number of pyridine rings is 1. The Bertz CT molecular complexity index is 789. The van der Waals surface area contributed by atoms with Gasteiger partial charge < -0.3 is 0 Å². The molecule has 1 aromatic carbocycles. The van der Waals surface area contributed by atoms with Crippen LogP contribution in [0.15, 0.2) is 29.3 Å². The number of anilines is 1. The van der Waals surface area contributed by atoms with Gasteiger partial charge in [0, 0.05) is 12.1 Å². The van der Waals surface area contributed by atoms with Crippen molar-refractivity contribution in [3.8, 4) is 0 Å². The van der Waals surface area contributed by atoms with Gasteiger partial charge in [0.05, 0.1) is 11.9 Å². The Morgan fingerprint density at radius 2 is 1.71 bits per heavy atom. The van der Waals surface area contributed by atoms with E-state index in [1.165, 1.54) is 6.07 Å². The van der Waals surface area contributed by atoms with Gasteiger partial charge in [0.25, 0.3) is 10.0 Å². The van der Waals surface area contributed by atoms with E-state index in [4.69, 9.17) is 11.6 Å². The summed E-state index contributed by atoms with van der Waals surface area (Å²) < 4.78 is 65.7. The fourth-order valence-corrected chi connectivity index (χ4v) is 2.86. The first-order valence-corrected chi connectivity index (χ1v) is 7.36. The monoisotopic (exact) mass is 336 g/mol. The lowest BCUT2D eigenvalue weighted by Gasteiger charge is -2.10. The third kappa shape index (κ3) is 3.27. The van der Waals surface area contributed by atoms with E-state index in [9.17, 15) is 21.6 Å². The van der Waals surface area contributed by atoms with Gasteiger partial charge in [-0.3, -0.25) is 4.72 Å².